The predicted octanol–water partition coefficient (Wildman–Crippen LogP) is 2.59. The molecule has 2 N–H and O–H groups in total. The number of hydrogen-bond donors (Lipinski definition) is 2. The predicted molar refractivity (Wildman–Crippen MR) is 84.7 cm³/mol. The maximum Gasteiger partial charge on any atom is 0.251 e. The average molecular weight is 290 g/mol. The van der Waals surface area contributed by atoms with Crippen LogP contribution >= 0.6 is 0 Å². The fourth-order valence-electron chi connectivity index (χ4n) is 2.70. The summed E-state index contributed by atoms with van der Waals surface area (Å²) in [7, 11) is 0. The summed E-state index contributed by atoms with van der Waals surface area (Å²) < 4.78 is 5.64. The van der Waals surface area contributed by atoms with Crippen molar-refractivity contribution in [2.75, 3.05) is 13.1 Å². The standard InChI is InChI=1S/C17H26N2O2/c1-12(2)21-16-8-4-6-14(10-16)17(20)19-13(3)15-7-5-9-18-11-15/h4,6,8,10,12-13,15,18H,5,7,9,11H2,1-3H3,(H,19,20). The van der Waals surface area contributed by atoms with Crippen LogP contribution in [0.15, 0.2) is 24.3 Å². The van der Waals surface area contributed by atoms with Crippen molar-refractivity contribution in [2.45, 2.75) is 45.8 Å². The number of piperidine rings is 1. The first-order chi connectivity index (χ1) is 10.1. The van der Waals surface area contributed by atoms with Gasteiger partial charge in [-0.25, -0.2) is 0 Å². The topological polar surface area (TPSA) is 50.4 Å². The Bertz CT molecular complexity index is 468. The highest BCUT2D eigenvalue weighted by atomic mass is 16.5. The molecular formula is C17H26N2O2. The second kappa shape index (κ2) is 7.46. The lowest BCUT2D eigenvalue weighted by molar-refractivity contribution is 0.0921. The zero-order chi connectivity index (χ0) is 15.2. The number of ether oxygens (including phenoxy) is 1. The molecule has 0 aromatic heterocycles. The lowest BCUT2D eigenvalue weighted by Crippen LogP contribution is -2.44. The van der Waals surface area contributed by atoms with Gasteiger partial charge in [0.2, 0.25) is 0 Å². The molecule has 4 heteroatoms. The molecule has 2 atom stereocenters. The summed E-state index contributed by atoms with van der Waals surface area (Å²) in [4.78, 5) is 12.3. The zero-order valence-electron chi connectivity index (χ0n) is 13.2. The quantitative estimate of drug-likeness (QED) is 0.876. The van der Waals surface area contributed by atoms with Gasteiger partial charge in [-0.1, -0.05) is 6.07 Å². The molecule has 21 heavy (non-hydrogen) atoms. The van der Waals surface area contributed by atoms with E-state index in [-0.39, 0.29) is 18.1 Å². The van der Waals surface area contributed by atoms with Gasteiger partial charge in [0.15, 0.2) is 0 Å². The third-order valence-corrected chi connectivity index (χ3v) is 3.87. The smallest absolute Gasteiger partial charge is 0.251 e. The molecule has 2 rings (SSSR count). The third kappa shape index (κ3) is 4.74. The molecule has 1 aliphatic heterocycles. The van der Waals surface area contributed by atoms with Crippen LogP contribution in [-0.2, 0) is 0 Å². The molecule has 0 radical (unpaired) electrons. The van der Waals surface area contributed by atoms with Crippen molar-refractivity contribution in [1.29, 1.82) is 0 Å². The molecule has 4 nitrogen and oxygen atoms in total. The van der Waals surface area contributed by atoms with E-state index in [0.29, 0.717) is 11.5 Å². The molecule has 0 aliphatic carbocycles. The molecule has 0 saturated carbocycles. The van der Waals surface area contributed by atoms with E-state index in [1.165, 1.54) is 12.8 Å². The van der Waals surface area contributed by atoms with Gasteiger partial charge in [-0.05, 0) is 70.8 Å². The van der Waals surface area contributed by atoms with Gasteiger partial charge in [-0.15, -0.1) is 0 Å². The summed E-state index contributed by atoms with van der Waals surface area (Å²) in [6, 6.07) is 7.56. The Morgan fingerprint density at radius 1 is 1.38 bits per heavy atom. The number of carbonyl (C=O) groups is 1. The number of rotatable bonds is 5. The first kappa shape index (κ1) is 15.8. The molecular weight excluding hydrogens is 264 g/mol. The lowest BCUT2D eigenvalue weighted by atomic mass is 9.92. The van der Waals surface area contributed by atoms with Gasteiger partial charge in [0, 0.05) is 11.6 Å². The number of benzene rings is 1. The number of carbonyl (C=O) groups excluding carboxylic acids is 1. The monoisotopic (exact) mass is 290 g/mol. The van der Waals surface area contributed by atoms with E-state index >= 15 is 0 Å². The van der Waals surface area contributed by atoms with Crippen LogP contribution in [0, 0.1) is 5.92 Å². The summed E-state index contributed by atoms with van der Waals surface area (Å²) in [5.74, 6) is 1.23. The van der Waals surface area contributed by atoms with Crippen molar-refractivity contribution in [3.8, 4) is 5.75 Å². The zero-order valence-corrected chi connectivity index (χ0v) is 13.2. The van der Waals surface area contributed by atoms with Crippen molar-refractivity contribution in [3.63, 3.8) is 0 Å². The van der Waals surface area contributed by atoms with Gasteiger partial charge < -0.3 is 15.4 Å². The number of hydrogen-bond acceptors (Lipinski definition) is 3. The van der Waals surface area contributed by atoms with Crippen LogP contribution in [0.4, 0.5) is 0 Å². The van der Waals surface area contributed by atoms with E-state index in [1.54, 1.807) is 6.07 Å². The van der Waals surface area contributed by atoms with Crippen molar-refractivity contribution in [3.05, 3.63) is 29.8 Å². The van der Waals surface area contributed by atoms with Gasteiger partial charge in [0.25, 0.3) is 5.91 Å². The Balaban J connectivity index is 1.95. The minimum Gasteiger partial charge on any atom is -0.491 e. The fraction of sp³-hybridized carbons (Fsp3) is 0.588. The average Bonchev–Trinajstić information content (AvgIpc) is 2.47. The van der Waals surface area contributed by atoms with Gasteiger partial charge in [-0.3, -0.25) is 4.79 Å². The van der Waals surface area contributed by atoms with Crippen LogP contribution in [-0.4, -0.2) is 31.1 Å². The Morgan fingerprint density at radius 2 is 2.19 bits per heavy atom. The summed E-state index contributed by atoms with van der Waals surface area (Å²) >= 11 is 0. The highest BCUT2D eigenvalue weighted by Gasteiger charge is 2.21. The van der Waals surface area contributed by atoms with Crippen LogP contribution in [0.5, 0.6) is 5.75 Å². The maximum atomic E-state index is 12.3. The highest BCUT2D eigenvalue weighted by Crippen LogP contribution is 2.17. The van der Waals surface area contributed by atoms with Crippen LogP contribution in [0.2, 0.25) is 0 Å². The van der Waals surface area contributed by atoms with Crippen LogP contribution < -0.4 is 15.4 Å². The molecule has 1 aromatic rings. The molecule has 0 bridgehead atoms. The largest absolute Gasteiger partial charge is 0.491 e. The molecule has 1 aromatic carbocycles. The second-order valence-electron chi connectivity index (χ2n) is 6.06. The molecule has 116 valence electrons. The van der Waals surface area contributed by atoms with E-state index in [0.717, 1.165) is 18.8 Å². The summed E-state index contributed by atoms with van der Waals surface area (Å²) in [6.07, 6.45) is 2.46. The van der Waals surface area contributed by atoms with Crippen molar-refractivity contribution in [2.24, 2.45) is 5.92 Å². The maximum absolute atomic E-state index is 12.3. The first-order valence-electron chi connectivity index (χ1n) is 7.84. The Hall–Kier alpha value is -1.55. The van der Waals surface area contributed by atoms with E-state index in [9.17, 15) is 4.79 Å². The van der Waals surface area contributed by atoms with E-state index < -0.39 is 0 Å². The van der Waals surface area contributed by atoms with Gasteiger partial charge >= 0.3 is 0 Å². The lowest BCUT2D eigenvalue weighted by Gasteiger charge is -2.29. The highest BCUT2D eigenvalue weighted by molar-refractivity contribution is 5.94. The van der Waals surface area contributed by atoms with Crippen LogP contribution in [0.1, 0.15) is 44.0 Å². The van der Waals surface area contributed by atoms with Crippen LogP contribution in [0.3, 0.4) is 0 Å². The second-order valence-corrected chi connectivity index (χ2v) is 6.06. The molecule has 0 spiro atoms. The molecule has 1 amide bonds. The van der Waals surface area contributed by atoms with Crippen molar-refractivity contribution >= 4 is 5.91 Å². The summed E-state index contributed by atoms with van der Waals surface area (Å²) in [5.41, 5.74) is 0.656. The van der Waals surface area contributed by atoms with Crippen LogP contribution in [0.25, 0.3) is 0 Å². The molecule has 1 saturated heterocycles. The summed E-state index contributed by atoms with van der Waals surface area (Å²) in [6.45, 7) is 8.11. The molecule has 1 aliphatic rings. The Kier molecular flexibility index (Phi) is 5.62. The minimum absolute atomic E-state index is 0.0257. The first-order valence-corrected chi connectivity index (χ1v) is 7.84. The van der Waals surface area contributed by atoms with Gasteiger partial charge in [0.1, 0.15) is 5.75 Å². The minimum atomic E-state index is -0.0257. The Labute approximate surface area is 127 Å². The molecule has 2 unspecified atom stereocenters. The number of amides is 1. The van der Waals surface area contributed by atoms with Crippen molar-refractivity contribution < 1.29 is 9.53 Å². The summed E-state index contributed by atoms with van der Waals surface area (Å²) in [5, 5.41) is 6.50. The normalized spacial score (nSPS) is 20.1. The fourth-order valence-corrected chi connectivity index (χ4v) is 2.70. The van der Waals surface area contributed by atoms with Gasteiger partial charge in [-0.2, -0.15) is 0 Å². The van der Waals surface area contributed by atoms with E-state index in [4.69, 9.17) is 4.74 Å². The third-order valence-electron chi connectivity index (χ3n) is 3.87. The Morgan fingerprint density at radius 3 is 2.86 bits per heavy atom. The van der Waals surface area contributed by atoms with E-state index in [1.807, 2.05) is 32.0 Å². The molecule has 1 heterocycles. The SMILES string of the molecule is CC(C)Oc1cccc(C(=O)NC(C)C2CCCNC2)c1. The van der Waals surface area contributed by atoms with E-state index in [2.05, 4.69) is 17.6 Å². The van der Waals surface area contributed by atoms with Crippen molar-refractivity contribution in [1.82, 2.24) is 10.6 Å². The molecule has 1 fully saturated rings. The number of nitrogens with one attached hydrogen (secondary N) is 2. The van der Waals surface area contributed by atoms with Gasteiger partial charge in [0.05, 0.1) is 6.10 Å².